The van der Waals surface area contributed by atoms with E-state index < -0.39 is 0 Å². The highest BCUT2D eigenvalue weighted by atomic mass is 32.2. The molecular weight excluding hydrogens is 344 g/mol. The van der Waals surface area contributed by atoms with Gasteiger partial charge in [0.05, 0.1) is 19.8 Å². The standard InChI is InChI=1S/C20H34N4OS/c1-5-21-19(23-16-20(2,3)26-4)22-14-17-6-8-18(9-7-17)15-24-10-12-25-13-11-24/h6-9H,5,10-16H2,1-4H3,(H2,21,22,23). The summed E-state index contributed by atoms with van der Waals surface area (Å²) in [6.45, 7) is 13.8. The molecule has 6 heteroatoms. The Balaban J connectivity index is 1.87. The van der Waals surface area contributed by atoms with Gasteiger partial charge in [-0.25, -0.2) is 4.99 Å². The number of thioether (sulfide) groups is 1. The van der Waals surface area contributed by atoms with Crippen LogP contribution in [0, 0.1) is 0 Å². The van der Waals surface area contributed by atoms with Crippen LogP contribution in [0.2, 0.25) is 0 Å². The maximum absolute atomic E-state index is 5.41. The lowest BCUT2D eigenvalue weighted by Gasteiger charge is -2.26. The molecule has 1 aromatic carbocycles. The number of rotatable bonds is 8. The summed E-state index contributed by atoms with van der Waals surface area (Å²) in [5.41, 5.74) is 2.59. The first-order chi connectivity index (χ1) is 12.5. The molecule has 1 fully saturated rings. The number of guanidine groups is 1. The molecule has 2 rings (SSSR count). The summed E-state index contributed by atoms with van der Waals surface area (Å²) in [5, 5.41) is 6.77. The average molecular weight is 379 g/mol. The molecule has 0 amide bonds. The largest absolute Gasteiger partial charge is 0.379 e. The zero-order chi connectivity index (χ0) is 18.8. The molecule has 1 saturated heterocycles. The fraction of sp³-hybridized carbons (Fsp3) is 0.650. The molecule has 0 bridgehead atoms. The third-order valence-electron chi connectivity index (χ3n) is 4.53. The second-order valence-electron chi connectivity index (χ2n) is 7.22. The van der Waals surface area contributed by atoms with Gasteiger partial charge >= 0.3 is 0 Å². The van der Waals surface area contributed by atoms with E-state index in [1.807, 2.05) is 11.8 Å². The number of morpholine rings is 1. The van der Waals surface area contributed by atoms with Crippen LogP contribution in [-0.2, 0) is 17.8 Å². The summed E-state index contributed by atoms with van der Waals surface area (Å²) in [6.07, 6.45) is 2.14. The van der Waals surface area contributed by atoms with E-state index in [1.165, 1.54) is 11.1 Å². The second-order valence-corrected chi connectivity index (χ2v) is 8.73. The van der Waals surface area contributed by atoms with Crippen LogP contribution in [0.5, 0.6) is 0 Å². The highest BCUT2D eigenvalue weighted by Gasteiger charge is 2.16. The van der Waals surface area contributed by atoms with Crippen LogP contribution in [0.3, 0.4) is 0 Å². The van der Waals surface area contributed by atoms with Gasteiger partial charge in [-0.2, -0.15) is 11.8 Å². The van der Waals surface area contributed by atoms with Crippen molar-refractivity contribution >= 4 is 17.7 Å². The lowest BCUT2D eigenvalue weighted by Crippen LogP contribution is -2.43. The lowest BCUT2D eigenvalue weighted by atomic mass is 10.1. The summed E-state index contributed by atoms with van der Waals surface area (Å²) in [7, 11) is 0. The third kappa shape index (κ3) is 7.56. The maximum atomic E-state index is 5.41. The zero-order valence-corrected chi connectivity index (χ0v) is 17.5. The molecule has 5 nitrogen and oxygen atoms in total. The van der Waals surface area contributed by atoms with Gasteiger partial charge in [-0.3, -0.25) is 4.90 Å². The number of hydrogen-bond acceptors (Lipinski definition) is 4. The minimum Gasteiger partial charge on any atom is -0.379 e. The van der Waals surface area contributed by atoms with Gasteiger partial charge in [0.25, 0.3) is 0 Å². The van der Waals surface area contributed by atoms with Crippen LogP contribution < -0.4 is 10.6 Å². The van der Waals surface area contributed by atoms with Crippen molar-refractivity contribution < 1.29 is 4.74 Å². The molecule has 0 unspecified atom stereocenters. The normalized spacial score (nSPS) is 16.5. The topological polar surface area (TPSA) is 48.9 Å². The second kappa shape index (κ2) is 10.8. The van der Waals surface area contributed by atoms with Gasteiger partial charge in [0.2, 0.25) is 0 Å². The number of nitrogens with zero attached hydrogens (tertiary/aromatic N) is 2. The molecule has 0 aromatic heterocycles. The molecule has 0 aliphatic carbocycles. The summed E-state index contributed by atoms with van der Waals surface area (Å²) in [6, 6.07) is 8.82. The minimum absolute atomic E-state index is 0.192. The van der Waals surface area contributed by atoms with Crippen LogP contribution in [0.15, 0.2) is 29.3 Å². The highest BCUT2D eigenvalue weighted by Crippen LogP contribution is 2.19. The van der Waals surface area contributed by atoms with E-state index in [9.17, 15) is 0 Å². The van der Waals surface area contributed by atoms with Gasteiger partial charge < -0.3 is 15.4 Å². The predicted octanol–water partition coefficient (Wildman–Crippen LogP) is 2.72. The van der Waals surface area contributed by atoms with E-state index in [0.29, 0.717) is 6.54 Å². The Morgan fingerprint density at radius 2 is 1.81 bits per heavy atom. The summed E-state index contributed by atoms with van der Waals surface area (Å²) < 4.78 is 5.60. The first kappa shape index (κ1) is 21.1. The number of ether oxygens (including phenoxy) is 1. The fourth-order valence-corrected chi connectivity index (χ4v) is 2.86. The molecule has 1 aromatic rings. The molecule has 1 heterocycles. The molecule has 146 valence electrons. The Labute approximate surface area is 163 Å². The van der Waals surface area contributed by atoms with Crippen molar-refractivity contribution in [2.24, 2.45) is 4.99 Å². The van der Waals surface area contributed by atoms with Crippen molar-refractivity contribution in [3.63, 3.8) is 0 Å². The average Bonchev–Trinajstić information content (AvgIpc) is 2.66. The van der Waals surface area contributed by atoms with Gasteiger partial charge in [-0.1, -0.05) is 24.3 Å². The fourth-order valence-electron chi connectivity index (χ4n) is 2.65. The first-order valence-corrected chi connectivity index (χ1v) is 10.7. The van der Waals surface area contributed by atoms with E-state index in [-0.39, 0.29) is 4.75 Å². The van der Waals surface area contributed by atoms with E-state index in [2.05, 4.69) is 66.8 Å². The Morgan fingerprint density at radius 1 is 1.15 bits per heavy atom. The van der Waals surface area contributed by atoms with Gasteiger partial charge in [0.1, 0.15) is 0 Å². The highest BCUT2D eigenvalue weighted by molar-refractivity contribution is 7.99. The van der Waals surface area contributed by atoms with Gasteiger partial charge in [-0.15, -0.1) is 0 Å². The predicted molar refractivity (Wildman–Crippen MR) is 113 cm³/mol. The maximum Gasteiger partial charge on any atom is 0.191 e. The van der Waals surface area contributed by atoms with E-state index in [0.717, 1.165) is 51.9 Å². The van der Waals surface area contributed by atoms with Gasteiger partial charge in [-0.05, 0) is 38.2 Å². The van der Waals surface area contributed by atoms with Crippen molar-refractivity contribution in [2.45, 2.75) is 38.6 Å². The molecule has 0 spiro atoms. The Kier molecular flexibility index (Phi) is 8.75. The Morgan fingerprint density at radius 3 is 2.42 bits per heavy atom. The van der Waals surface area contributed by atoms with Crippen molar-refractivity contribution in [2.75, 3.05) is 45.6 Å². The summed E-state index contributed by atoms with van der Waals surface area (Å²) in [4.78, 5) is 7.17. The summed E-state index contributed by atoms with van der Waals surface area (Å²) >= 11 is 1.86. The third-order valence-corrected chi connectivity index (χ3v) is 5.78. The molecule has 0 atom stereocenters. The summed E-state index contributed by atoms with van der Waals surface area (Å²) in [5.74, 6) is 0.881. The van der Waals surface area contributed by atoms with Crippen molar-refractivity contribution in [3.8, 4) is 0 Å². The Bertz CT molecular complexity index is 553. The van der Waals surface area contributed by atoms with Gasteiger partial charge in [0.15, 0.2) is 5.96 Å². The van der Waals surface area contributed by atoms with Crippen LogP contribution >= 0.6 is 11.8 Å². The van der Waals surface area contributed by atoms with Crippen LogP contribution in [0.25, 0.3) is 0 Å². The minimum atomic E-state index is 0.192. The van der Waals surface area contributed by atoms with Crippen molar-refractivity contribution in [1.82, 2.24) is 15.5 Å². The number of nitrogens with one attached hydrogen (secondary N) is 2. The number of hydrogen-bond donors (Lipinski definition) is 2. The Hall–Kier alpha value is -1.24. The van der Waals surface area contributed by atoms with Crippen LogP contribution in [0.1, 0.15) is 31.9 Å². The number of aliphatic imine (C=N–C) groups is 1. The molecule has 26 heavy (non-hydrogen) atoms. The molecule has 2 N–H and O–H groups in total. The molecule has 1 aliphatic heterocycles. The van der Waals surface area contributed by atoms with Crippen LogP contribution in [-0.4, -0.2) is 61.3 Å². The van der Waals surface area contributed by atoms with E-state index in [4.69, 9.17) is 9.73 Å². The van der Waals surface area contributed by atoms with Crippen molar-refractivity contribution in [1.29, 1.82) is 0 Å². The number of benzene rings is 1. The molecule has 1 aliphatic rings. The van der Waals surface area contributed by atoms with Crippen molar-refractivity contribution in [3.05, 3.63) is 35.4 Å². The van der Waals surface area contributed by atoms with E-state index >= 15 is 0 Å². The SMILES string of the molecule is CCNC(=NCc1ccc(CN2CCOCC2)cc1)NCC(C)(C)SC. The van der Waals surface area contributed by atoms with Gasteiger partial charge in [0, 0.05) is 37.5 Å². The lowest BCUT2D eigenvalue weighted by molar-refractivity contribution is 0.0342. The van der Waals surface area contributed by atoms with Crippen LogP contribution in [0.4, 0.5) is 0 Å². The molecular formula is C20H34N4OS. The quantitative estimate of drug-likeness (QED) is 0.538. The monoisotopic (exact) mass is 378 g/mol. The van der Waals surface area contributed by atoms with E-state index in [1.54, 1.807) is 0 Å². The smallest absolute Gasteiger partial charge is 0.191 e. The zero-order valence-electron chi connectivity index (χ0n) is 16.7. The molecule has 0 radical (unpaired) electrons. The molecule has 0 saturated carbocycles. The first-order valence-electron chi connectivity index (χ1n) is 9.47.